The Bertz CT molecular complexity index is 820. The molecule has 142 valence electrons. The van der Waals surface area contributed by atoms with E-state index in [1.165, 1.54) is 6.92 Å². The second-order valence-corrected chi connectivity index (χ2v) is 7.68. The van der Waals surface area contributed by atoms with Crippen LogP contribution in [0.1, 0.15) is 35.0 Å². The van der Waals surface area contributed by atoms with Gasteiger partial charge in [-0.05, 0) is 43.3 Å². The molecule has 6 nitrogen and oxygen atoms in total. The van der Waals surface area contributed by atoms with Crippen molar-refractivity contribution in [2.24, 2.45) is 5.92 Å². The molecule has 1 aromatic heterocycles. The molecule has 2 heterocycles. The Morgan fingerprint density at radius 1 is 1.22 bits per heavy atom. The molecule has 1 saturated heterocycles. The highest BCUT2D eigenvalue weighted by molar-refractivity contribution is 7.09. The highest BCUT2D eigenvalue weighted by atomic mass is 32.1. The third-order valence-electron chi connectivity index (χ3n) is 4.61. The van der Waals surface area contributed by atoms with E-state index in [1.54, 1.807) is 40.5 Å². The van der Waals surface area contributed by atoms with E-state index in [9.17, 15) is 14.4 Å². The Morgan fingerprint density at radius 2 is 2.07 bits per heavy atom. The van der Waals surface area contributed by atoms with Gasteiger partial charge in [-0.2, -0.15) is 0 Å². The molecule has 3 rings (SSSR count). The van der Waals surface area contributed by atoms with E-state index in [1.807, 2.05) is 17.5 Å². The molecule has 1 unspecified atom stereocenters. The Labute approximate surface area is 162 Å². The summed E-state index contributed by atoms with van der Waals surface area (Å²) >= 11 is 1.60. The lowest BCUT2D eigenvalue weighted by molar-refractivity contribution is -0.121. The lowest BCUT2D eigenvalue weighted by Crippen LogP contribution is -2.47. The van der Waals surface area contributed by atoms with Crippen molar-refractivity contribution in [3.8, 4) is 0 Å². The van der Waals surface area contributed by atoms with E-state index < -0.39 is 0 Å². The number of nitrogens with one attached hydrogen (secondary N) is 2. The van der Waals surface area contributed by atoms with Crippen molar-refractivity contribution in [3.63, 3.8) is 0 Å². The predicted octanol–water partition coefficient (Wildman–Crippen LogP) is 3.51. The van der Waals surface area contributed by atoms with Crippen molar-refractivity contribution >= 4 is 34.7 Å². The number of hydrogen-bond donors (Lipinski definition) is 2. The van der Waals surface area contributed by atoms with Crippen LogP contribution in [0.4, 0.5) is 10.5 Å². The van der Waals surface area contributed by atoms with Gasteiger partial charge < -0.3 is 15.5 Å². The third kappa shape index (κ3) is 5.17. The van der Waals surface area contributed by atoms with Crippen LogP contribution in [0.15, 0.2) is 41.8 Å². The van der Waals surface area contributed by atoms with Crippen molar-refractivity contribution in [1.82, 2.24) is 10.2 Å². The minimum absolute atomic E-state index is 0.0441. The first kappa shape index (κ1) is 19.1. The molecule has 0 aliphatic carbocycles. The molecule has 2 aromatic rings. The maximum Gasteiger partial charge on any atom is 0.317 e. The summed E-state index contributed by atoms with van der Waals surface area (Å²) in [6, 6.07) is 10.7. The molecule has 0 spiro atoms. The van der Waals surface area contributed by atoms with Gasteiger partial charge in [0.1, 0.15) is 0 Å². The molecule has 1 aliphatic heterocycles. The van der Waals surface area contributed by atoms with Gasteiger partial charge in [0.2, 0.25) is 5.91 Å². The van der Waals surface area contributed by atoms with Crippen LogP contribution in [0.5, 0.6) is 0 Å². The average molecular weight is 385 g/mol. The van der Waals surface area contributed by atoms with Crippen LogP contribution in [0.3, 0.4) is 0 Å². The summed E-state index contributed by atoms with van der Waals surface area (Å²) in [5.41, 5.74) is 1.16. The second-order valence-electron chi connectivity index (χ2n) is 6.65. The van der Waals surface area contributed by atoms with Gasteiger partial charge in [0.05, 0.1) is 12.5 Å². The number of nitrogens with zero attached hydrogens (tertiary/aromatic N) is 1. The van der Waals surface area contributed by atoms with Crippen molar-refractivity contribution in [1.29, 1.82) is 0 Å². The standard InChI is InChI=1S/C20H23N3O3S/c1-14(24)15-5-2-7-17(11-15)22-19(25)16-6-3-9-23(13-16)20(26)21-12-18-8-4-10-27-18/h2,4-5,7-8,10-11,16H,3,6,9,12-13H2,1H3,(H,21,26)(H,22,25). The average Bonchev–Trinajstić information content (AvgIpc) is 3.20. The van der Waals surface area contributed by atoms with E-state index in [2.05, 4.69) is 10.6 Å². The van der Waals surface area contributed by atoms with Gasteiger partial charge in [-0.15, -0.1) is 11.3 Å². The van der Waals surface area contributed by atoms with Crippen LogP contribution in [0.25, 0.3) is 0 Å². The molecule has 0 bridgehead atoms. The monoisotopic (exact) mass is 385 g/mol. The number of carbonyl (C=O) groups is 3. The topological polar surface area (TPSA) is 78.5 Å². The SMILES string of the molecule is CC(=O)c1cccc(NC(=O)C2CCCN(C(=O)NCc3cccs3)C2)c1. The van der Waals surface area contributed by atoms with Crippen LogP contribution < -0.4 is 10.6 Å². The Balaban J connectivity index is 1.55. The summed E-state index contributed by atoms with van der Waals surface area (Å²) in [7, 11) is 0. The Hall–Kier alpha value is -2.67. The maximum absolute atomic E-state index is 12.6. The number of thiophene rings is 1. The summed E-state index contributed by atoms with van der Waals surface area (Å²) in [6.07, 6.45) is 1.53. The van der Waals surface area contributed by atoms with Crippen molar-refractivity contribution in [2.75, 3.05) is 18.4 Å². The minimum Gasteiger partial charge on any atom is -0.333 e. The lowest BCUT2D eigenvalue weighted by Gasteiger charge is -2.32. The van der Waals surface area contributed by atoms with E-state index in [-0.39, 0.29) is 23.6 Å². The zero-order valence-corrected chi connectivity index (χ0v) is 16.1. The Kier molecular flexibility index (Phi) is 6.24. The number of piperidine rings is 1. The first-order valence-electron chi connectivity index (χ1n) is 9.00. The normalized spacial score (nSPS) is 16.6. The smallest absolute Gasteiger partial charge is 0.317 e. The number of amides is 3. The van der Waals surface area contributed by atoms with Gasteiger partial charge in [-0.25, -0.2) is 4.79 Å². The van der Waals surface area contributed by atoms with Crippen LogP contribution in [-0.2, 0) is 11.3 Å². The van der Waals surface area contributed by atoms with E-state index in [0.29, 0.717) is 30.9 Å². The zero-order valence-electron chi connectivity index (χ0n) is 15.2. The van der Waals surface area contributed by atoms with Gasteiger partial charge in [0.25, 0.3) is 0 Å². The molecule has 27 heavy (non-hydrogen) atoms. The number of anilines is 1. The molecule has 3 amide bonds. The lowest BCUT2D eigenvalue weighted by atomic mass is 9.97. The zero-order chi connectivity index (χ0) is 19.2. The number of Topliss-reactive ketones (excluding diaryl/α,β-unsaturated/α-hetero) is 1. The molecule has 1 aromatic carbocycles. The first-order valence-corrected chi connectivity index (χ1v) is 9.88. The number of likely N-dealkylation sites (tertiary alicyclic amines) is 1. The number of rotatable bonds is 5. The minimum atomic E-state index is -0.257. The van der Waals surface area contributed by atoms with Crippen LogP contribution in [0.2, 0.25) is 0 Å². The van der Waals surface area contributed by atoms with Gasteiger partial charge in [-0.1, -0.05) is 18.2 Å². The molecular formula is C20H23N3O3S. The molecule has 1 aliphatic rings. The molecule has 0 saturated carbocycles. The molecule has 2 N–H and O–H groups in total. The Morgan fingerprint density at radius 3 is 2.81 bits per heavy atom. The number of hydrogen-bond acceptors (Lipinski definition) is 4. The highest BCUT2D eigenvalue weighted by Crippen LogP contribution is 2.20. The van der Waals surface area contributed by atoms with Gasteiger partial charge in [0.15, 0.2) is 5.78 Å². The van der Waals surface area contributed by atoms with Gasteiger partial charge >= 0.3 is 6.03 Å². The van der Waals surface area contributed by atoms with Gasteiger partial charge in [-0.3, -0.25) is 9.59 Å². The number of urea groups is 1. The highest BCUT2D eigenvalue weighted by Gasteiger charge is 2.28. The largest absolute Gasteiger partial charge is 0.333 e. The predicted molar refractivity (Wildman–Crippen MR) is 106 cm³/mol. The third-order valence-corrected chi connectivity index (χ3v) is 5.49. The molecular weight excluding hydrogens is 362 g/mol. The molecule has 0 radical (unpaired) electrons. The van der Waals surface area contributed by atoms with Crippen molar-refractivity contribution < 1.29 is 14.4 Å². The molecule has 1 atom stereocenters. The van der Waals surface area contributed by atoms with E-state index in [0.717, 1.165) is 17.7 Å². The van der Waals surface area contributed by atoms with Crippen molar-refractivity contribution in [3.05, 3.63) is 52.2 Å². The summed E-state index contributed by atoms with van der Waals surface area (Å²) in [6.45, 7) is 3.05. The first-order chi connectivity index (χ1) is 13.0. The van der Waals surface area contributed by atoms with Crippen molar-refractivity contribution in [2.45, 2.75) is 26.3 Å². The van der Waals surface area contributed by atoms with E-state index >= 15 is 0 Å². The fourth-order valence-corrected chi connectivity index (χ4v) is 3.77. The molecule has 1 fully saturated rings. The second kappa shape index (κ2) is 8.81. The summed E-state index contributed by atoms with van der Waals surface area (Å²) in [4.78, 5) is 39.3. The quantitative estimate of drug-likeness (QED) is 0.773. The summed E-state index contributed by atoms with van der Waals surface area (Å²) in [5.74, 6) is -0.420. The summed E-state index contributed by atoms with van der Waals surface area (Å²) in [5, 5.41) is 7.76. The molecule has 7 heteroatoms. The number of benzene rings is 1. The van der Waals surface area contributed by atoms with Gasteiger partial charge in [0, 0.05) is 29.2 Å². The summed E-state index contributed by atoms with van der Waals surface area (Å²) < 4.78 is 0. The van der Waals surface area contributed by atoms with Crippen LogP contribution in [0, 0.1) is 5.92 Å². The van der Waals surface area contributed by atoms with Crippen LogP contribution in [-0.4, -0.2) is 35.7 Å². The van der Waals surface area contributed by atoms with Crippen LogP contribution >= 0.6 is 11.3 Å². The van der Waals surface area contributed by atoms with E-state index in [4.69, 9.17) is 0 Å². The number of ketones is 1. The maximum atomic E-state index is 12.6. The fraction of sp³-hybridized carbons (Fsp3) is 0.350. The fourth-order valence-electron chi connectivity index (χ4n) is 3.12. The number of carbonyl (C=O) groups excluding carboxylic acids is 3.